The van der Waals surface area contributed by atoms with Crippen LogP contribution in [0.3, 0.4) is 0 Å². The normalized spacial score (nSPS) is 11.2. The monoisotopic (exact) mass is 398 g/mol. The molecule has 0 unspecified atom stereocenters. The molecule has 2 aliphatic rings. The molecule has 29 heavy (non-hydrogen) atoms. The highest BCUT2D eigenvalue weighted by Gasteiger charge is 2.21. The van der Waals surface area contributed by atoms with Crippen LogP contribution in [-0.2, 0) is 0 Å². The highest BCUT2D eigenvalue weighted by Crippen LogP contribution is 2.42. The highest BCUT2D eigenvalue weighted by atomic mass is 32.1. The summed E-state index contributed by atoms with van der Waals surface area (Å²) in [5.41, 5.74) is 3.69. The molecule has 1 aliphatic carbocycles. The Kier molecular flexibility index (Phi) is 4.03. The van der Waals surface area contributed by atoms with Crippen molar-refractivity contribution in [2.75, 3.05) is 0 Å². The summed E-state index contributed by atoms with van der Waals surface area (Å²) in [6.45, 7) is 0. The molecule has 2 aromatic carbocycles. The molecule has 1 aromatic heterocycles. The second-order valence-corrected chi connectivity index (χ2v) is 7.62. The smallest absolute Gasteiger partial charge is 0.336 e. The van der Waals surface area contributed by atoms with Gasteiger partial charge in [0.2, 0.25) is 0 Å². The number of aromatic carboxylic acids is 1. The minimum atomic E-state index is -1.00. The van der Waals surface area contributed by atoms with Crippen LogP contribution in [0.5, 0.6) is 0 Å². The Balaban J connectivity index is 1.91. The zero-order chi connectivity index (χ0) is 20.0. The fourth-order valence-corrected chi connectivity index (χ4v) is 4.37. The molecule has 1 aliphatic heterocycles. The van der Waals surface area contributed by atoms with Crippen LogP contribution in [0.25, 0.3) is 43.9 Å². The minimum absolute atomic E-state index is 0.160. The lowest BCUT2D eigenvalue weighted by molar-refractivity contribution is 0.0697. The van der Waals surface area contributed by atoms with Crippen molar-refractivity contribution < 1.29 is 14.3 Å². The topological polar surface area (TPSA) is 67.5 Å². The summed E-state index contributed by atoms with van der Waals surface area (Å²) in [6.07, 6.45) is 0. The summed E-state index contributed by atoms with van der Waals surface area (Å²) >= 11 is 1.63. The Morgan fingerprint density at radius 2 is 1.76 bits per heavy atom. The van der Waals surface area contributed by atoms with Gasteiger partial charge in [0.1, 0.15) is 11.3 Å². The van der Waals surface area contributed by atoms with Crippen LogP contribution in [-0.4, -0.2) is 11.1 Å². The number of thiophene rings is 1. The summed E-state index contributed by atoms with van der Waals surface area (Å²) in [5.74, 6) is -0.568. The maximum Gasteiger partial charge on any atom is 0.336 e. The SMILES string of the molecule is O=C(O)c1ccccc1-c1c2ccc(=O)cc-2oc2cc(-c3cccs3)ccc12. The molecule has 3 aromatic rings. The molecule has 0 fully saturated rings. The first-order valence-corrected chi connectivity index (χ1v) is 9.87. The summed E-state index contributed by atoms with van der Waals surface area (Å²) in [5, 5.41) is 12.5. The molecule has 2 heterocycles. The summed E-state index contributed by atoms with van der Waals surface area (Å²) < 4.78 is 6.09. The van der Waals surface area contributed by atoms with Crippen LogP contribution in [0.15, 0.2) is 87.4 Å². The van der Waals surface area contributed by atoms with Crippen LogP contribution < -0.4 is 5.43 Å². The van der Waals surface area contributed by atoms with Crippen molar-refractivity contribution in [3.63, 3.8) is 0 Å². The molecule has 1 N–H and O–H groups in total. The van der Waals surface area contributed by atoms with Crippen molar-refractivity contribution in [1.29, 1.82) is 0 Å². The molecule has 5 rings (SSSR count). The fourth-order valence-electron chi connectivity index (χ4n) is 3.64. The molecule has 4 nitrogen and oxygen atoms in total. The van der Waals surface area contributed by atoms with E-state index in [2.05, 4.69) is 0 Å². The van der Waals surface area contributed by atoms with Gasteiger partial charge in [-0.25, -0.2) is 4.79 Å². The van der Waals surface area contributed by atoms with Gasteiger partial charge in [-0.2, -0.15) is 0 Å². The predicted octanol–water partition coefficient (Wildman–Crippen LogP) is 5.99. The van der Waals surface area contributed by atoms with Crippen molar-refractivity contribution in [2.24, 2.45) is 0 Å². The molecule has 5 heteroatoms. The van der Waals surface area contributed by atoms with E-state index >= 15 is 0 Å². The Morgan fingerprint density at radius 1 is 0.897 bits per heavy atom. The number of hydrogen-bond donors (Lipinski definition) is 1. The Hall–Kier alpha value is -3.70. The summed E-state index contributed by atoms with van der Waals surface area (Å²) in [6, 6.07) is 21.4. The third-order valence-corrected chi connectivity index (χ3v) is 5.84. The lowest BCUT2D eigenvalue weighted by atomic mass is 9.90. The number of hydrogen-bond acceptors (Lipinski definition) is 4. The third-order valence-electron chi connectivity index (χ3n) is 4.93. The van der Waals surface area contributed by atoms with Gasteiger partial charge in [0.25, 0.3) is 0 Å². The van der Waals surface area contributed by atoms with E-state index < -0.39 is 5.97 Å². The van der Waals surface area contributed by atoms with E-state index in [-0.39, 0.29) is 11.0 Å². The van der Waals surface area contributed by atoms with Gasteiger partial charge >= 0.3 is 5.97 Å². The molecule has 0 bridgehead atoms. The lowest BCUT2D eigenvalue weighted by Gasteiger charge is -2.17. The average molecular weight is 398 g/mol. The second kappa shape index (κ2) is 6.72. The molecule has 0 spiro atoms. The molecule has 0 saturated heterocycles. The van der Waals surface area contributed by atoms with Crippen LogP contribution >= 0.6 is 11.3 Å². The van der Waals surface area contributed by atoms with Gasteiger partial charge in [0.05, 0.1) is 5.56 Å². The fraction of sp³-hybridized carbons (Fsp3) is 0. The van der Waals surface area contributed by atoms with Crippen molar-refractivity contribution >= 4 is 28.3 Å². The maximum absolute atomic E-state index is 11.9. The zero-order valence-corrected chi connectivity index (χ0v) is 15.9. The van der Waals surface area contributed by atoms with E-state index in [1.165, 1.54) is 12.1 Å². The first kappa shape index (κ1) is 17.4. The van der Waals surface area contributed by atoms with Gasteiger partial charge in [0, 0.05) is 27.5 Å². The molecule has 140 valence electrons. The largest absolute Gasteiger partial charge is 0.478 e. The highest BCUT2D eigenvalue weighted by molar-refractivity contribution is 7.13. The van der Waals surface area contributed by atoms with Crippen molar-refractivity contribution in [2.45, 2.75) is 0 Å². The summed E-state index contributed by atoms with van der Waals surface area (Å²) in [4.78, 5) is 24.9. The van der Waals surface area contributed by atoms with E-state index in [1.54, 1.807) is 35.6 Å². The van der Waals surface area contributed by atoms with E-state index in [9.17, 15) is 14.7 Å². The lowest BCUT2D eigenvalue weighted by Crippen LogP contribution is -2.03. The van der Waals surface area contributed by atoms with E-state index in [0.29, 0.717) is 22.5 Å². The first-order valence-electron chi connectivity index (χ1n) is 8.99. The zero-order valence-electron chi connectivity index (χ0n) is 15.1. The molecule has 0 atom stereocenters. The van der Waals surface area contributed by atoms with Gasteiger partial charge in [-0.05, 0) is 52.9 Å². The predicted molar refractivity (Wildman–Crippen MR) is 115 cm³/mol. The molecule has 0 saturated carbocycles. The third kappa shape index (κ3) is 2.92. The molecule has 0 amide bonds. The van der Waals surface area contributed by atoms with Crippen molar-refractivity contribution in [3.05, 3.63) is 94.0 Å². The minimum Gasteiger partial charge on any atom is -0.478 e. The molecular weight excluding hydrogens is 384 g/mol. The van der Waals surface area contributed by atoms with Gasteiger partial charge in [-0.15, -0.1) is 11.3 Å². The Labute approximate surface area is 169 Å². The number of fused-ring (bicyclic) bond motifs is 2. The van der Waals surface area contributed by atoms with Crippen LogP contribution in [0.1, 0.15) is 10.4 Å². The Bertz CT molecular complexity index is 1400. The standard InChI is InChI=1S/C24H14O4S/c25-15-8-10-19-21(13-15)28-20-12-14(22-6-3-11-29-22)7-9-18(20)23(19)16-4-1-2-5-17(16)24(26)27/h1-13H,(H,26,27). The summed E-state index contributed by atoms with van der Waals surface area (Å²) in [7, 11) is 0. The van der Waals surface area contributed by atoms with Gasteiger partial charge in [-0.1, -0.05) is 30.3 Å². The second-order valence-electron chi connectivity index (χ2n) is 6.67. The average Bonchev–Trinajstić information content (AvgIpc) is 3.26. The van der Waals surface area contributed by atoms with Gasteiger partial charge in [-0.3, -0.25) is 4.79 Å². The number of benzene rings is 3. The number of carboxylic acid groups (broad SMARTS) is 1. The quantitative estimate of drug-likeness (QED) is 0.379. The Morgan fingerprint density at radius 3 is 2.55 bits per heavy atom. The van der Waals surface area contributed by atoms with E-state index in [1.807, 2.05) is 41.8 Å². The maximum atomic E-state index is 11.9. The van der Waals surface area contributed by atoms with Crippen molar-refractivity contribution in [3.8, 4) is 32.9 Å². The molecule has 0 radical (unpaired) electrons. The van der Waals surface area contributed by atoms with E-state index in [0.717, 1.165) is 21.4 Å². The number of carboxylic acids is 1. The molecular formula is C24H14O4S. The number of rotatable bonds is 3. The number of carbonyl (C=O) groups is 1. The van der Waals surface area contributed by atoms with Gasteiger partial charge < -0.3 is 9.52 Å². The van der Waals surface area contributed by atoms with Crippen LogP contribution in [0, 0.1) is 0 Å². The van der Waals surface area contributed by atoms with Crippen LogP contribution in [0.2, 0.25) is 0 Å². The first-order chi connectivity index (χ1) is 14.1. The van der Waals surface area contributed by atoms with Crippen molar-refractivity contribution in [1.82, 2.24) is 0 Å². The van der Waals surface area contributed by atoms with Crippen LogP contribution in [0.4, 0.5) is 0 Å². The van der Waals surface area contributed by atoms with Gasteiger partial charge in [0.15, 0.2) is 5.43 Å². The van der Waals surface area contributed by atoms with E-state index in [4.69, 9.17) is 4.42 Å².